The van der Waals surface area contributed by atoms with Crippen LogP contribution in [0.25, 0.3) is 0 Å². The predicted octanol–water partition coefficient (Wildman–Crippen LogP) is -6.19. The molecule has 0 bridgehead atoms. The number of benzene rings is 1. The first-order valence-corrected chi connectivity index (χ1v) is 41.7. The van der Waals surface area contributed by atoms with Crippen LogP contribution in [0.5, 0.6) is 5.75 Å². The summed E-state index contributed by atoms with van der Waals surface area (Å²) in [6.45, 7) is 9.00. The van der Waals surface area contributed by atoms with Crippen LogP contribution < -0.4 is 76.1 Å². The van der Waals surface area contributed by atoms with Crippen LogP contribution in [0.15, 0.2) is 24.3 Å². The Labute approximate surface area is 699 Å². The zero-order chi connectivity index (χ0) is 89.8. The van der Waals surface area contributed by atoms with Crippen LogP contribution in [0.1, 0.15) is 196 Å². The van der Waals surface area contributed by atoms with Crippen molar-refractivity contribution >= 4 is 88.7 Å². The summed E-state index contributed by atoms with van der Waals surface area (Å²) in [6.07, 6.45) is -6.20. The Balaban J connectivity index is 1.88. The van der Waals surface area contributed by atoms with Gasteiger partial charge in [0, 0.05) is 39.0 Å². The number of aromatic hydroxyl groups is 1. The molecule has 0 saturated carbocycles. The smallest absolute Gasteiger partial charge is 0.328 e. The van der Waals surface area contributed by atoms with E-state index in [9.17, 15) is 113 Å². The molecular weight excluding hydrogens is 1570 g/mol. The number of phenols is 1. The molecule has 1 aromatic rings. The van der Waals surface area contributed by atoms with E-state index in [1.807, 2.05) is 0 Å². The third kappa shape index (κ3) is 33.6. The number of hydrogen-bond donors (Lipinski definition) is 22. The number of rotatable bonds is 33. The number of amides is 14. The first-order chi connectivity index (χ1) is 56.7. The number of cyclic esters (lactones) is 1. The van der Waals surface area contributed by atoms with E-state index >= 15 is 0 Å². The van der Waals surface area contributed by atoms with Gasteiger partial charge in [-0.3, -0.25) is 67.1 Å². The van der Waals surface area contributed by atoms with Gasteiger partial charge in [-0.2, -0.15) is 0 Å². The Morgan fingerprint density at radius 1 is 0.550 bits per heavy atom. The monoisotopic (exact) mass is 1700 g/mol. The standard InChI is InChI=1S/C79H133N17O24/c1-9-10-11-12-13-14-15-16-17-18-19-23-51-38-59(106)88-62(44(5)97)72(112)85-43(4)68(108)87-54(36-48-26-28-49(101)29-27-48)69(109)90-61(42(2)3)77(117)96-41-50(102)37-55(96)70(110)91-64(46(7)99)74(114)92-65(47(8)100)78(118)95-35-30-56(103)67(95)75(115)93-66(57(104)39-58(83)105)71(111)84-40-60(107)89-63(45(6)98)73(113)86-53(79(119)120-51)25-21-33-94(34-22-32-81)76(116)52(82)24-20-31-80/h26-29,42-47,50-57,61-67,97-104H,9-25,30-41,80-82H2,1-8H3,(H2,83,105)(H,84,111)(H,85,112)(H,86,113)(H,87,108)(H,88,106)(H,89,107)(H,90,109)(H,91,110)(H,92,114)(H,93,115)/t43-,44-,45-,46-,47-,50-,51-,52+,53+,54+,55+,56+,57?,61+,62-,63-,64+,65+,66?,67+/m1/s1. The van der Waals surface area contributed by atoms with Crippen molar-refractivity contribution in [1.29, 1.82) is 0 Å². The first-order valence-electron chi connectivity index (χ1n) is 41.7. The molecule has 0 aliphatic carbocycles. The van der Waals surface area contributed by atoms with Crippen LogP contribution in [-0.2, 0) is 83.1 Å². The minimum Gasteiger partial charge on any atom is -0.508 e. The molecule has 0 spiro atoms. The summed E-state index contributed by atoms with van der Waals surface area (Å²) >= 11 is 0. The maximum Gasteiger partial charge on any atom is 0.328 e. The molecule has 2 unspecified atom stereocenters. The highest BCUT2D eigenvalue weighted by Crippen LogP contribution is 2.26. The molecule has 0 aromatic heterocycles. The van der Waals surface area contributed by atoms with Crippen molar-refractivity contribution < 1.29 is 118 Å². The Kier molecular flexibility index (Phi) is 44.7. The normalized spacial score (nSPS) is 26.7. The molecule has 1 aromatic carbocycles. The van der Waals surface area contributed by atoms with Gasteiger partial charge in [0.2, 0.25) is 82.7 Å². The first kappa shape index (κ1) is 103. The van der Waals surface area contributed by atoms with E-state index in [1.165, 1.54) is 49.9 Å². The molecule has 4 rings (SSSR count). The maximum atomic E-state index is 14.9. The number of nitrogens with zero attached hydrogens (tertiary/aromatic N) is 3. The van der Waals surface area contributed by atoms with Gasteiger partial charge in [-0.25, -0.2) is 4.79 Å². The lowest BCUT2D eigenvalue weighted by atomic mass is 9.99. The molecule has 3 fully saturated rings. The zero-order valence-corrected chi connectivity index (χ0v) is 70.2. The van der Waals surface area contributed by atoms with E-state index in [4.69, 9.17) is 27.7 Å². The largest absolute Gasteiger partial charge is 0.508 e. The van der Waals surface area contributed by atoms with E-state index in [-0.39, 0.29) is 70.5 Å². The van der Waals surface area contributed by atoms with Gasteiger partial charge >= 0.3 is 5.97 Å². The van der Waals surface area contributed by atoms with Crippen molar-refractivity contribution in [3.63, 3.8) is 0 Å². The predicted molar refractivity (Wildman–Crippen MR) is 433 cm³/mol. The number of unbranched alkanes of at least 4 members (excludes halogenated alkanes) is 10. The molecule has 3 aliphatic rings. The second-order valence-corrected chi connectivity index (χ2v) is 31.9. The summed E-state index contributed by atoms with van der Waals surface area (Å²) in [7, 11) is 0. The molecule has 678 valence electrons. The summed E-state index contributed by atoms with van der Waals surface area (Å²) < 4.78 is 6.11. The Morgan fingerprint density at radius 2 is 1.06 bits per heavy atom. The lowest BCUT2D eigenvalue weighted by molar-refractivity contribution is -0.155. The van der Waals surface area contributed by atoms with Crippen molar-refractivity contribution in [1.82, 2.24) is 67.9 Å². The Morgan fingerprint density at radius 3 is 1.62 bits per heavy atom. The van der Waals surface area contributed by atoms with Gasteiger partial charge in [-0.15, -0.1) is 0 Å². The fourth-order valence-corrected chi connectivity index (χ4v) is 14.2. The number of carbonyl (C=O) groups excluding carboxylic acids is 15. The van der Waals surface area contributed by atoms with E-state index in [1.54, 1.807) is 0 Å². The van der Waals surface area contributed by atoms with Crippen molar-refractivity contribution in [2.24, 2.45) is 28.9 Å². The average Bonchev–Trinajstić information content (AvgIpc) is 1.63. The number of carbonyl (C=O) groups is 15. The molecule has 3 saturated heterocycles. The third-order valence-corrected chi connectivity index (χ3v) is 21.2. The second-order valence-electron chi connectivity index (χ2n) is 31.9. The molecule has 26 N–H and O–H groups in total. The van der Waals surface area contributed by atoms with Crippen LogP contribution >= 0.6 is 0 Å². The van der Waals surface area contributed by atoms with Crippen LogP contribution in [-0.4, -0.2) is 311 Å². The zero-order valence-electron chi connectivity index (χ0n) is 70.2. The van der Waals surface area contributed by atoms with Crippen LogP contribution in [0, 0.1) is 5.92 Å². The topological polar surface area (TPSA) is 661 Å². The van der Waals surface area contributed by atoms with E-state index in [0.29, 0.717) is 36.1 Å². The van der Waals surface area contributed by atoms with Crippen molar-refractivity contribution in [3.05, 3.63) is 29.8 Å². The van der Waals surface area contributed by atoms with Crippen LogP contribution in [0.3, 0.4) is 0 Å². The second kappa shape index (κ2) is 52.1. The molecule has 41 nitrogen and oxygen atoms in total. The van der Waals surface area contributed by atoms with Crippen molar-refractivity contribution in [3.8, 4) is 5.75 Å². The summed E-state index contributed by atoms with van der Waals surface area (Å²) in [5.74, 6) is -18.1. The van der Waals surface area contributed by atoms with Crippen LogP contribution in [0.2, 0.25) is 0 Å². The lowest BCUT2D eigenvalue weighted by Gasteiger charge is -2.34. The summed E-state index contributed by atoms with van der Waals surface area (Å²) in [5, 5.41) is 112. The highest BCUT2D eigenvalue weighted by molar-refractivity contribution is 6.00. The summed E-state index contributed by atoms with van der Waals surface area (Å²) in [5.41, 5.74) is 23.6. The summed E-state index contributed by atoms with van der Waals surface area (Å²) in [4.78, 5) is 217. The highest BCUT2D eigenvalue weighted by atomic mass is 16.5. The number of primary amides is 1. The van der Waals surface area contributed by atoms with Gasteiger partial charge in [0.05, 0.1) is 68.2 Å². The Hall–Kier alpha value is -9.33. The number of esters is 1. The lowest BCUT2D eigenvalue weighted by Crippen LogP contribution is -2.64. The van der Waals surface area contributed by atoms with E-state index in [2.05, 4.69) is 60.1 Å². The minimum atomic E-state index is -2.26. The van der Waals surface area contributed by atoms with Crippen LogP contribution in [0.4, 0.5) is 0 Å². The SMILES string of the molecule is CCCCCCCCCCCCC[C@@H]1CC(=O)N[C@H]([C@@H](C)O)C(=O)N[C@H](C)C(=O)N[C@@H](Cc2ccc(O)cc2)C(=O)N[C@@H](C(C)C)C(=O)N2C[C@H](O)C[C@H]2C(=O)N[C@@H]([C@@H](C)O)C(=O)N[C@@H]([C@@H](C)O)C(=O)N2CC[C@H](O)[C@H]2C(=O)NC(C(O)CC(N)=O)C(=O)NCC(=O)N[C@H]([C@@H](C)O)C(=O)N[C@@H](CCCN(CCCN)C(=O)[C@@H](N)CCCN)C(=O)O1. The molecule has 0 radical (unpaired) electrons. The van der Waals surface area contributed by atoms with Crippen molar-refractivity contribution in [2.75, 3.05) is 45.8 Å². The highest BCUT2D eigenvalue weighted by Gasteiger charge is 2.49. The van der Waals surface area contributed by atoms with Gasteiger partial charge in [0.1, 0.15) is 78.3 Å². The summed E-state index contributed by atoms with van der Waals surface area (Å²) in [6, 6.07) is -15.8. The number of hydrogen-bond acceptors (Lipinski definition) is 27. The maximum absolute atomic E-state index is 14.9. The quantitative estimate of drug-likeness (QED) is 0.0230. The number of phenolic OH excluding ortho intramolecular Hbond substituents is 1. The number of nitrogens with one attached hydrogen (secondary N) is 10. The molecule has 20 atom stereocenters. The van der Waals surface area contributed by atoms with Gasteiger partial charge in [0.25, 0.3) is 0 Å². The van der Waals surface area contributed by atoms with E-state index < -0.39 is 255 Å². The molecule has 14 amide bonds. The van der Waals surface area contributed by atoms with Gasteiger partial charge in [-0.05, 0) is 123 Å². The van der Waals surface area contributed by atoms with Gasteiger partial charge < -0.3 is 136 Å². The van der Waals surface area contributed by atoms with Gasteiger partial charge in [0.15, 0.2) is 0 Å². The number of nitrogens with two attached hydrogens (primary N) is 4. The third-order valence-electron chi connectivity index (χ3n) is 21.2. The number of fused-ring (bicyclic) bond motifs is 2. The minimum absolute atomic E-state index is 0.00493. The molecule has 3 heterocycles. The molecule has 120 heavy (non-hydrogen) atoms. The fourth-order valence-electron chi connectivity index (χ4n) is 14.2. The number of ether oxygens (including phenoxy) is 1. The fraction of sp³-hybridized carbons (Fsp3) is 0.734. The van der Waals surface area contributed by atoms with Crippen molar-refractivity contribution in [2.45, 2.75) is 318 Å². The molecule has 3 aliphatic heterocycles. The average molecular weight is 1710 g/mol. The molecule has 41 heteroatoms. The van der Waals surface area contributed by atoms with Gasteiger partial charge in [-0.1, -0.05) is 97.1 Å². The molecular formula is C79H133N17O24. The number of aliphatic hydroxyl groups excluding tert-OH is 7. The van der Waals surface area contributed by atoms with E-state index in [0.717, 1.165) is 90.4 Å². The number of aliphatic hydroxyl groups is 7. The Bertz CT molecular complexity index is 3540.